The van der Waals surface area contributed by atoms with Crippen molar-refractivity contribution in [3.8, 4) is 0 Å². The van der Waals surface area contributed by atoms with E-state index in [9.17, 15) is 9.59 Å². The van der Waals surface area contributed by atoms with Gasteiger partial charge in [-0.1, -0.05) is 0 Å². The molecule has 0 aliphatic heterocycles. The Morgan fingerprint density at radius 3 is 2.50 bits per heavy atom. The summed E-state index contributed by atoms with van der Waals surface area (Å²) in [6, 6.07) is -0.626. The van der Waals surface area contributed by atoms with E-state index in [1.165, 1.54) is 12.4 Å². The van der Waals surface area contributed by atoms with Crippen LogP contribution >= 0.6 is 0 Å². The Balaban J connectivity index is 2.39. The van der Waals surface area contributed by atoms with E-state index in [0.717, 1.165) is 6.54 Å². The first kappa shape index (κ1) is 13.7. The van der Waals surface area contributed by atoms with Crippen LogP contribution < -0.4 is 21.7 Å². The van der Waals surface area contributed by atoms with E-state index in [1.807, 2.05) is 6.92 Å². The SMILES string of the molecule is CCNc1cnc(C(=O)NCCNC(N)=O)cn1. The van der Waals surface area contributed by atoms with E-state index >= 15 is 0 Å². The Morgan fingerprint density at radius 2 is 1.94 bits per heavy atom. The molecular formula is C10H16N6O2. The number of hydrogen-bond donors (Lipinski definition) is 4. The van der Waals surface area contributed by atoms with Crippen molar-refractivity contribution < 1.29 is 9.59 Å². The van der Waals surface area contributed by atoms with E-state index in [1.54, 1.807) is 0 Å². The second-order valence-electron chi connectivity index (χ2n) is 3.36. The number of urea groups is 1. The molecule has 98 valence electrons. The van der Waals surface area contributed by atoms with Gasteiger partial charge in [-0.05, 0) is 6.92 Å². The standard InChI is InChI=1S/C10H16N6O2/c1-2-12-8-6-15-7(5-16-8)9(17)13-3-4-14-10(11)18/h5-6H,2-4H2,1H3,(H,12,16)(H,13,17)(H3,11,14,18). The minimum absolute atomic E-state index is 0.218. The molecule has 18 heavy (non-hydrogen) atoms. The lowest BCUT2D eigenvalue weighted by Gasteiger charge is -2.05. The quantitative estimate of drug-likeness (QED) is 0.499. The molecule has 0 unspecified atom stereocenters. The van der Waals surface area contributed by atoms with Crippen LogP contribution in [0.2, 0.25) is 0 Å². The average Bonchev–Trinajstić information content (AvgIpc) is 2.35. The van der Waals surface area contributed by atoms with Crippen LogP contribution in [-0.4, -0.2) is 41.5 Å². The van der Waals surface area contributed by atoms with Crippen LogP contribution in [0.5, 0.6) is 0 Å². The maximum Gasteiger partial charge on any atom is 0.312 e. The zero-order valence-electron chi connectivity index (χ0n) is 10.1. The summed E-state index contributed by atoms with van der Waals surface area (Å²) in [7, 11) is 0. The molecule has 8 heteroatoms. The molecule has 0 aliphatic rings. The van der Waals surface area contributed by atoms with Gasteiger partial charge < -0.3 is 21.7 Å². The van der Waals surface area contributed by atoms with Crippen molar-refractivity contribution in [2.24, 2.45) is 5.73 Å². The molecule has 5 N–H and O–H groups in total. The highest BCUT2D eigenvalue weighted by molar-refractivity contribution is 5.92. The third-order valence-electron chi connectivity index (χ3n) is 1.95. The first-order chi connectivity index (χ1) is 8.63. The van der Waals surface area contributed by atoms with Crippen molar-refractivity contribution >= 4 is 17.8 Å². The van der Waals surface area contributed by atoms with Crippen molar-refractivity contribution in [2.45, 2.75) is 6.92 Å². The number of carbonyl (C=O) groups excluding carboxylic acids is 2. The van der Waals surface area contributed by atoms with E-state index < -0.39 is 6.03 Å². The van der Waals surface area contributed by atoms with Gasteiger partial charge in [0.1, 0.15) is 11.5 Å². The molecular weight excluding hydrogens is 236 g/mol. The highest BCUT2D eigenvalue weighted by Crippen LogP contribution is 2.00. The molecule has 0 fully saturated rings. The van der Waals surface area contributed by atoms with Crippen molar-refractivity contribution in [1.82, 2.24) is 20.6 Å². The van der Waals surface area contributed by atoms with Gasteiger partial charge in [0.2, 0.25) is 0 Å². The van der Waals surface area contributed by atoms with Crippen LogP contribution in [0.25, 0.3) is 0 Å². The first-order valence-corrected chi connectivity index (χ1v) is 5.51. The Kier molecular flexibility index (Phi) is 5.36. The number of nitrogens with one attached hydrogen (secondary N) is 3. The van der Waals surface area contributed by atoms with Gasteiger partial charge in [0.15, 0.2) is 0 Å². The fourth-order valence-electron chi connectivity index (χ4n) is 1.17. The van der Waals surface area contributed by atoms with Gasteiger partial charge in [0, 0.05) is 19.6 Å². The fraction of sp³-hybridized carbons (Fsp3) is 0.400. The molecule has 0 spiro atoms. The largest absolute Gasteiger partial charge is 0.369 e. The zero-order valence-corrected chi connectivity index (χ0v) is 10.1. The number of hydrogen-bond acceptors (Lipinski definition) is 5. The molecule has 0 saturated carbocycles. The second kappa shape index (κ2) is 7.05. The molecule has 0 atom stereocenters. The van der Waals surface area contributed by atoms with Gasteiger partial charge in [0.25, 0.3) is 5.91 Å². The van der Waals surface area contributed by atoms with Gasteiger partial charge in [-0.2, -0.15) is 0 Å². The Morgan fingerprint density at radius 1 is 1.22 bits per heavy atom. The molecule has 1 aromatic heterocycles. The third kappa shape index (κ3) is 4.64. The number of nitrogens with two attached hydrogens (primary N) is 1. The Labute approximate surface area is 104 Å². The van der Waals surface area contributed by atoms with Crippen LogP contribution in [-0.2, 0) is 0 Å². The monoisotopic (exact) mass is 252 g/mol. The minimum atomic E-state index is -0.626. The summed E-state index contributed by atoms with van der Waals surface area (Å²) >= 11 is 0. The summed E-state index contributed by atoms with van der Waals surface area (Å²) in [6.45, 7) is 3.22. The number of aromatic nitrogens is 2. The summed E-state index contributed by atoms with van der Waals surface area (Å²) in [5.41, 5.74) is 5.09. The smallest absolute Gasteiger partial charge is 0.312 e. The number of amides is 3. The van der Waals surface area contributed by atoms with E-state index in [-0.39, 0.29) is 24.7 Å². The molecule has 3 amide bonds. The lowest BCUT2D eigenvalue weighted by Crippen LogP contribution is -2.37. The first-order valence-electron chi connectivity index (χ1n) is 5.51. The second-order valence-corrected chi connectivity index (χ2v) is 3.36. The van der Waals surface area contributed by atoms with Crippen LogP contribution in [0.3, 0.4) is 0 Å². The predicted molar refractivity (Wildman–Crippen MR) is 66.1 cm³/mol. The summed E-state index contributed by atoms with van der Waals surface area (Å²) < 4.78 is 0. The number of rotatable bonds is 6. The van der Waals surface area contributed by atoms with Crippen molar-refractivity contribution in [3.05, 3.63) is 18.1 Å². The van der Waals surface area contributed by atoms with Crippen molar-refractivity contribution in [1.29, 1.82) is 0 Å². The van der Waals surface area contributed by atoms with Gasteiger partial charge in [0.05, 0.1) is 12.4 Å². The van der Waals surface area contributed by atoms with Gasteiger partial charge in [-0.25, -0.2) is 14.8 Å². The molecule has 1 aromatic rings. The Bertz CT molecular complexity index is 405. The Hall–Kier alpha value is -2.38. The van der Waals surface area contributed by atoms with E-state index in [0.29, 0.717) is 5.82 Å². The summed E-state index contributed by atoms with van der Waals surface area (Å²) in [4.78, 5) is 29.9. The number of nitrogens with zero attached hydrogens (tertiary/aromatic N) is 2. The summed E-state index contributed by atoms with van der Waals surface area (Å²) in [6.07, 6.45) is 2.87. The molecule has 8 nitrogen and oxygen atoms in total. The maximum atomic E-state index is 11.6. The highest BCUT2D eigenvalue weighted by atomic mass is 16.2. The van der Waals surface area contributed by atoms with Crippen LogP contribution in [0.4, 0.5) is 10.6 Å². The molecule has 1 heterocycles. The third-order valence-corrected chi connectivity index (χ3v) is 1.95. The molecule has 0 bridgehead atoms. The molecule has 0 radical (unpaired) electrons. The van der Waals surface area contributed by atoms with Gasteiger partial charge in [-0.15, -0.1) is 0 Å². The van der Waals surface area contributed by atoms with E-state index in [2.05, 4.69) is 25.9 Å². The summed E-state index contributed by atoms with van der Waals surface area (Å²) in [5.74, 6) is 0.265. The van der Waals surface area contributed by atoms with Crippen LogP contribution in [0.15, 0.2) is 12.4 Å². The lowest BCUT2D eigenvalue weighted by atomic mass is 10.4. The lowest BCUT2D eigenvalue weighted by molar-refractivity contribution is 0.0948. The van der Waals surface area contributed by atoms with Crippen molar-refractivity contribution in [3.63, 3.8) is 0 Å². The molecule has 0 saturated heterocycles. The highest BCUT2D eigenvalue weighted by Gasteiger charge is 2.06. The van der Waals surface area contributed by atoms with Crippen LogP contribution in [0, 0.1) is 0 Å². The number of carbonyl (C=O) groups is 2. The maximum absolute atomic E-state index is 11.6. The fourth-order valence-corrected chi connectivity index (χ4v) is 1.17. The topological polar surface area (TPSA) is 122 Å². The minimum Gasteiger partial charge on any atom is -0.369 e. The van der Waals surface area contributed by atoms with Gasteiger partial charge >= 0.3 is 6.03 Å². The number of anilines is 1. The van der Waals surface area contributed by atoms with Crippen LogP contribution in [0.1, 0.15) is 17.4 Å². The summed E-state index contributed by atoms with van der Waals surface area (Å²) in [5, 5.41) is 7.90. The van der Waals surface area contributed by atoms with E-state index in [4.69, 9.17) is 5.73 Å². The van der Waals surface area contributed by atoms with Gasteiger partial charge in [-0.3, -0.25) is 4.79 Å². The molecule has 0 aromatic carbocycles. The number of primary amides is 1. The zero-order chi connectivity index (χ0) is 13.4. The molecule has 1 rings (SSSR count). The predicted octanol–water partition coefficient (Wildman–Crippen LogP) is -0.693. The van der Waals surface area contributed by atoms with Crippen molar-refractivity contribution in [2.75, 3.05) is 25.0 Å². The molecule has 0 aliphatic carbocycles. The normalized spacial score (nSPS) is 9.61. The average molecular weight is 252 g/mol.